The van der Waals surface area contributed by atoms with Gasteiger partial charge in [0.05, 0.1) is 11.3 Å². The SMILES string of the molecule is Cc1nnc(N(C)CC2CCOCC2)c(C(N)=NO)c1C. The van der Waals surface area contributed by atoms with Crippen molar-refractivity contribution in [2.75, 3.05) is 31.7 Å². The van der Waals surface area contributed by atoms with Crippen molar-refractivity contribution in [2.45, 2.75) is 26.7 Å². The molecule has 0 unspecified atom stereocenters. The van der Waals surface area contributed by atoms with Gasteiger partial charge in [0, 0.05) is 26.8 Å². The van der Waals surface area contributed by atoms with Gasteiger partial charge in [0.15, 0.2) is 11.7 Å². The molecule has 0 saturated carbocycles. The molecule has 1 aromatic rings. The summed E-state index contributed by atoms with van der Waals surface area (Å²) in [6, 6.07) is 0. The first kappa shape index (κ1) is 15.5. The van der Waals surface area contributed by atoms with Crippen LogP contribution in [0.5, 0.6) is 0 Å². The zero-order chi connectivity index (χ0) is 15.4. The molecule has 0 aliphatic carbocycles. The highest BCUT2D eigenvalue weighted by Gasteiger charge is 2.22. The molecule has 1 fully saturated rings. The Morgan fingerprint density at radius 3 is 2.67 bits per heavy atom. The Hall–Kier alpha value is -1.89. The molecule has 0 aromatic carbocycles. The van der Waals surface area contributed by atoms with Crippen molar-refractivity contribution in [1.29, 1.82) is 0 Å². The maximum absolute atomic E-state index is 9.01. The molecule has 0 spiro atoms. The molecule has 7 heteroatoms. The first-order chi connectivity index (χ1) is 10.0. The van der Waals surface area contributed by atoms with E-state index in [1.165, 1.54) is 0 Å². The van der Waals surface area contributed by atoms with E-state index < -0.39 is 0 Å². The number of nitrogens with zero attached hydrogens (tertiary/aromatic N) is 4. The second kappa shape index (κ2) is 6.71. The van der Waals surface area contributed by atoms with E-state index in [-0.39, 0.29) is 5.84 Å². The Morgan fingerprint density at radius 1 is 1.38 bits per heavy atom. The van der Waals surface area contributed by atoms with Crippen molar-refractivity contribution < 1.29 is 9.94 Å². The zero-order valence-electron chi connectivity index (χ0n) is 12.8. The maximum Gasteiger partial charge on any atom is 0.174 e. The lowest BCUT2D eigenvalue weighted by Crippen LogP contribution is -2.32. The molecule has 116 valence electrons. The van der Waals surface area contributed by atoms with Gasteiger partial charge in [-0.1, -0.05) is 5.16 Å². The van der Waals surface area contributed by atoms with E-state index in [1.807, 2.05) is 25.8 Å². The molecule has 2 rings (SSSR count). The monoisotopic (exact) mass is 293 g/mol. The third kappa shape index (κ3) is 3.41. The van der Waals surface area contributed by atoms with Crippen LogP contribution in [-0.2, 0) is 4.74 Å². The molecule has 0 amide bonds. The highest BCUT2D eigenvalue weighted by molar-refractivity contribution is 6.02. The molecule has 2 heterocycles. The van der Waals surface area contributed by atoms with Gasteiger partial charge in [-0.05, 0) is 38.2 Å². The Balaban J connectivity index is 2.27. The van der Waals surface area contributed by atoms with Gasteiger partial charge in [-0.3, -0.25) is 0 Å². The smallest absolute Gasteiger partial charge is 0.174 e. The summed E-state index contributed by atoms with van der Waals surface area (Å²) in [7, 11) is 1.96. The van der Waals surface area contributed by atoms with E-state index in [4.69, 9.17) is 15.7 Å². The van der Waals surface area contributed by atoms with Gasteiger partial charge in [-0.25, -0.2) is 0 Å². The molecule has 21 heavy (non-hydrogen) atoms. The zero-order valence-corrected chi connectivity index (χ0v) is 12.8. The molecule has 7 nitrogen and oxygen atoms in total. The second-order valence-corrected chi connectivity index (χ2v) is 5.53. The van der Waals surface area contributed by atoms with Gasteiger partial charge in [-0.15, -0.1) is 5.10 Å². The molecular weight excluding hydrogens is 270 g/mol. The summed E-state index contributed by atoms with van der Waals surface area (Å²) in [6.07, 6.45) is 2.09. The standard InChI is InChI=1S/C14H23N5O2/c1-9-10(2)16-17-14(12(9)13(15)18-20)19(3)8-11-4-6-21-7-5-11/h11,20H,4-8H2,1-3H3,(H2,15,18). The molecule has 1 aliphatic heterocycles. The summed E-state index contributed by atoms with van der Waals surface area (Å²) in [5.41, 5.74) is 8.13. The van der Waals surface area contributed by atoms with Crippen molar-refractivity contribution in [3.63, 3.8) is 0 Å². The van der Waals surface area contributed by atoms with Crippen molar-refractivity contribution in [1.82, 2.24) is 10.2 Å². The summed E-state index contributed by atoms with van der Waals surface area (Å²) in [5.74, 6) is 1.28. The van der Waals surface area contributed by atoms with Gasteiger partial charge < -0.3 is 20.6 Å². The number of aryl methyl sites for hydroxylation is 1. The summed E-state index contributed by atoms with van der Waals surface area (Å²) in [5, 5.41) is 20.5. The van der Waals surface area contributed by atoms with Crippen LogP contribution >= 0.6 is 0 Å². The molecule has 3 N–H and O–H groups in total. The summed E-state index contributed by atoms with van der Waals surface area (Å²) in [6.45, 7) is 6.24. The Bertz CT molecular complexity index is 526. The minimum atomic E-state index is 0.0688. The number of hydrogen-bond donors (Lipinski definition) is 2. The Morgan fingerprint density at radius 2 is 2.05 bits per heavy atom. The predicted molar refractivity (Wildman–Crippen MR) is 80.8 cm³/mol. The second-order valence-electron chi connectivity index (χ2n) is 5.53. The van der Waals surface area contributed by atoms with Crippen molar-refractivity contribution in [3.05, 3.63) is 16.8 Å². The molecule has 1 aliphatic rings. The number of aromatic nitrogens is 2. The molecule has 0 radical (unpaired) electrons. The van der Waals surface area contributed by atoms with Crippen LogP contribution in [0.15, 0.2) is 5.16 Å². The van der Waals surface area contributed by atoms with Gasteiger partial charge in [0.25, 0.3) is 0 Å². The summed E-state index contributed by atoms with van der Waals surface area (Å²) in [4.78, 5) is 2.03. The number of anilines is 1. The number of hydrogen-bond acceptors (Lipinski definition) is 6. The number of amidine groups is 1. The van der Waals surface area contributed by atoms with Crippen molar-refractivity contribution in [2.24, 2.45) is 16.8 Å². The van der Waals surface area contributed by atoms with Crippen LogP contribution < -0.4 is 10.6 Å². The first-order valence-corrected chi connectivity index (χ1v) is 7.15. The molecule has 1 saturated heterocycles. The number of rotatable bonds is 4. The van der Waals surface area contributed by atoms with E-state index in [0.29, 0.717) is 17.3 Å². The topological polar surface area (TPSA) is 96.9 Å². The van der Waals surface area contributed by atoms with Crippen LogP contribution in [0.2, 0.25) is 0 Å². The third-order valence-electron chi connectivity index (χ3n) is 4.03. The fourth-order valence-electron chi connectivity index (χ4n) is 2.62. The van der Waals surface area contributed by atoms with Crippen LogP contribution in [0.25, 0.3) is 0 Å². The number of oxime groups is 1. The summed E-state index contributed by atoms with van der Waals surface area (Å²) < 4.78 is 5.38. The van der Waals surface area contributed by atoms with Crippen LogP contribution in [0, 0.1) is 19.8 Å². The normalized spacial score (nSPS) is 17.0. The van der Waals surface area contributed by atoms with E-state index in [0.717, 1.165) is 43.9 Å². The quantitative estimate of drug-likeness (QED) is 0.373. The third-order valence-corrected chi connectivity index (χ3v) is 4.03. The van der Waals surface area contributed by atoms with Crippen LogP contribution in [-0.4, -0.2) is 48.0 Å². The van der Waals surface area contributed by atoms with Gasteiger partial charge in [-0.2, -0.15) is 5.10 Å². The van der Waals surface area contributed by atoms with E-state index >= 15 is 0 Å². The Labute approximate surface area is 124 Å². The first-order valence-electron chi connectivity index (χ1n) is 7.15. The van der Waals surface area contributed by atoms with E-state index in [2.05, 4.69) is 15.4 Å². The molecule has 0 bridgehead atoms. The lowest BCUT2D eigenvalue weighted by molar-refractivity contribution is 0.0685. The van der Waals surface area contributed by atoms with Gasteiger partial charge >= 0.3 is 0 Å². The fraction of sp³-hybridized carbons (Fsp3) is 0.643. The fourth-order valence-corrected chi connectivity index (χ4v) is 2.62. The number of nitrogens with two attached hydrogens (primary N) is 1. The van der Waals surface area contributed by atoms with Gasteiger partial charge in [0.2, 0.25) is 0 Å². The molecular formula is C14H23N5O2. The molecule has 0 atom stereocenters. The van der Waals surface area contributed by atoms with Crippen LogP contribution in [0.3, 0.4) is 0 Å². The lowest BCUT2D eigenvalue weighted by atomic mass is 9.99. The van der Waals surface area contributed by atoms with E-state index in [1.54, 1.807) is 0 Å². The van der Waals surface area contributed by atoms with E-state index in [9.17, 15) is 0 Å². The average Bonchev–Trinajstić information content (AvgIpc) is 2.50. The average molecular weight is 293 g/mol. The highest BCUT2D eigenvalue weighted by Crippen LogP contribution is 2.24. The van der Waals surface area contributed by atoms with Crippen molar-refractivity contribution in [3.8, 4) is 0 Å². The maximum atomic E-state index is 9.01. The summed E-state index contributed by atoms with van der Waals surface area (Å²) >= 11 is 0. The van der Waals surface area contributed by atoms with Gasteiger partial charge in [0.1, 0.15) is 0 Å². The highest BCUT2D eigenvalue weighted by atomic mass is 16.5. The largest absolute Gasteiger partial charge is 0.409 e. The predicted octanol–water partition coefficient (Wildman–Crippen LogP) is 1.05. The lowest BCUT2D eigenvalue weighted by Gasteiger charge is -2.28. The van der Waals surface area contributed by atoms with Crippen LogP contribution in [0.4, 0.5) is 5.82 Å². The Kier molecular flexibility index (Phi) is 4.95. The number of ether oxygens (including phenoxy) is 1. The minimum absolute atomic E-state index is 0.0688. The molecule has 1 aromatic heterocycles. The van der Waals surface area contributed by atoms with Crippen molar-refractivity contribution >= 4 is 11.7 Å². The van der Waals surface area contributed by atoms with Crippen LogP contribution in [0.1, 0.15) is 29.7 Å². The minimum Gasteiger partial charge on any atom is -0.409 e.